The molecule has 5 heteroatoms. The zero-order chi connectivity index (χ0) is 14.3. The van der Waals surface area contributed by atoms with Crippen LogP contribution in [-0.4, -0.2) is 26.6 Å². The maximum Gasteiger partial charge on any atom is 0.201 e. The number of carbonyl (C=O) groups is 2. The minimum absolute atomic E-state index is 0.261. The van der Waals surface area contributed by atoms with Crippen molar-refractivity contribution in [1.29, 1.82) is 0 Å². The van der Waals surface area contributed by atoms with E-state index in [2.05, 4.69) is 9.97 Å². The fraction of sp³-hybridized carbons (Fsp3) is 0.200. The van der Waals surface area contributed by atoms with Gasteiger partial charge in [-0.1, -0.05) is 6.07 Å². The molecule has 1 N–H and O–H groups in total. The summed E-state index contributed by atoms with van der Waals surface area (Å²) in [7, 11) is 0. The molecule has 1 unspecified atom stereocenters. The molecule has 100 valence electrons. The summed E-state index contributed by atoms with van der Waals surface area (Å²) in [5, 5.41) is 10.8. The van der Waals surface area contributed by atoms with Crippen LogP contribution >= 0.6 is 0 Å². The Morgan fingerprint density at radius 2 is 1.85 bits per heavy atom. The molecule has 0 spiro atoms. The monoisotopic (exact) mass is 268 g/mol. The van der Waals surface area contributed by atoms with Gasteiger partial charge in [-0.05, 0) is 25.1 Å². The highest BCUT2D eigenvalue weighted by molar-refractivity contribution is 6.11. The number of aliphatic hydroxyl groups is 1. The first-order chi connectivity index (χ1) is 9.54. The highest BCUT2D eigenvalue weighted by atomic mass is 16.3. The summed E-state index contributed by atoms with van der Waals surface area (Å²) in [6.07, 6.45) is 2.88. The summed E-state index contributed by atoms with van der Waals surface area (Å²) in [6.45, 7) is 1.35. The number of aromatic nitrogens is 2. The summed E-state index contributed by atoms with van der Waals surface area (Å²) in [6, 6.07) is 6.46. The van der Waals surface area contributed by atoms with Crippen LogP contribution < -0.4 is 0 Å². The van der Waals surface area contributed by atoms with Crippen LogP contribution in [0.4, 0.5) is 0 Å². The molecule has 0 fully saturated rings. The molecule has 0 radical (unpaired) electrons. The fourth-order valence-corrected chi connectivity index (χ4v) is 2.59. The van der Waals surface area contributed by atoms with Crippen molar-refractivity contribution in [3.05, 3.63) is 47.8 Å². The third kappa shape index (κ3) is 1.67. The lowest BCUT2D eigenvalue weighted by molar-refractivity contribution is -0.120. The van der Waals surface area contributed by atoms with Crippen LogP contribution in [0.3, 0.4) is 0 Å². The second-order valence-corrected chi connectivity index (χ2v) is 4.87. The minimum Gasteiger partial charge on any atom is -0.376 e. The Morgan fingerprint density at radius 3 is 2.55 bits per heavy atom. The molecule has 2 aromatic rings. The van der Waals surface area contributed by atoms with Gasteiger partial charge in [0.1, 0.15) is 5.78 Å². The fourth-order valence-electron chi connectivity index (χ4n) is 2.59. The summed E-state index contributed by atoms with van der Waals surface area (Å²) in [5.41, 5.74) is -0.326. The van der Waals surface area contributed by atoms with Crippen LogP contribution in [0.2, 0.25) is 0 Å². The number of carbonyl (C=O) groups excluding carboxylic acids is 2. The van der Waals surface area contributed by atoms with Crippen molar-refractivity contribution in [2.45, 2.75) is 18.9 Å². The average Bonchev–Trinajstić information content (AvgIpc) is 2.45. The molecule has 2 aromatic heterocycles. The zero-order valence-electron chi connectivity index (χ0n) is 10.8. The minimum atomic E-state index is -1.86. The van der Waals surface area contributed by atoms with Crippen molar-refractivity contribution in [1.82, 2.24) is 9.97 Å². The van der Waals surface area contributed by atoms with Gasteiger partial charge in [-0.2, -0.15) is 0 Å². The zero-order valence-corrected chi connectivity index (χ0v) is 10.8. The Morgan fingerprint density at radius 1 is 1.20 bits per heavy atom. The maximum atomic E-state index is 12.6. The number of ketones is 2. The van der Waals surface area contributed by atoms with Gasteiger partial charge in [0.05, 0.1) is 11.4 Å². The Labute approximate surface area is 115 Å². The molecule has 1 aliphatic rings. The predicted molar refractivity (Wildman–Crippen MR) is 71.0 cm³/mol. The summed E-state index contributed by atoms with van der Waals surface area (Å²) < 4.78 is 0. The number of Topliss-reactive ketones (excluding diaryl/α,β-unsaturated/α-hetero) is 2. The molecule has 1 atom stereocenters. The first-order valence-electron chi connectivity index (χ1n) is 6.21. The lowest BCUT2D eigenvalue weighted by Crippen LogP contribution is -2.41. The largest absolute Gasteiger partial charge is 0.376 e. The van der Waals surface area contributed by atoms with Crippen LogP contribution in [-0.2, 0) is 10.4 Å². The van der Waals surface area contributed by atoms with Crippen molar-refractivity contribution in [3.63, 3.8) is 0 Å². The summed E-state index contributed by atoms with van der Waals surface area (Å²) in [5.74, 6) is -0.765. The highest BCUT2D eigenvalue weighted by Gasteiger charge is 2.46. The van der Waals surface area contributed by atoms with E-state index in [0.29, 0.717) is 22.5 Å². The van der Waals surface area contributed by atoms with E-state index in [4.69, 9.17) is 0 Å². The predicted octanol–water partition coefficient (Wildman–Crippen LogP) is 1.51. The molecule has 0 aromatic carbocycles. The molecule has 0 saturated heterocycles. The number of rotatable bonds is 2. The Bertz CT molecular complexity index is 727. The van der Waals surface area contributed by atoms with Crippen molar-refractivity contribution in [2.75, 3.05) is 0 Å². The van der Waals surface area contributed by atoms with E-state index in [1.165, 1.54) is 6.92 Å². The van der Waals surface area contributed by atoms with Crippen molar-refractivity contribution in [3.8, 4) is 11.4 Å². The first kappa shape index (κ1) is 12.6. The van der Waals surface area contributed by atoms with Crippen LogP contribution in [0.1, 0.15) is 29.3 Å². The number of hydrogen-bond acceptors (Lipinski definition) is 5. The number of fused-ring (bicyclic) bond motifs is 3. The van der Waals surface area contributed by atoms with Gasteiger partial charge in [0, 0.05) is 29.9 Å². The molecule has 2 heterocycles. The van der Waals surface area contributed by atoms with Crippen molar-refractivity contribution >= 4 is 11.6 Å². The third-order valence-corrected chi connectivity index (χ3v) is 3.41. The topological polar surface area (TPSA) is 80.1 Å². The molecule has 3 rings (SSSR count). The first-order valence-corrected chi connectivity index (χ1v) is 6.21. The maximum absolute atomic E-state index is 12.6. The molecule has 1 aliphatic carbocycles. The standard InChI is InChI=1S/C15H12N2O3/c1-9(18)8-15(20)11-5-3-7-17-13(11)12-10(14(15)19)4-2-6-16-12/h2-7,20H,8H2,1H3. The Balaban J connectivity index is 2.32. The van der Waals surface area contributed by atoms with E-state index < -0.39 is 11.4 Å². The summed E-state index contributed by atoms with van der Waals surface area (Å²) in [4.78, 5) is 32.4. The van der Waals surface area contributed by atoms with Gasteiger partial charge in [-0.25, -0.2) is 0 Å². The number of nitrogens with zero attached hydrogens (tertiary/aromatic N) is 2. The second-order valence-electron chi connectivity index (χ2n) is 4.87. The van der Waals surface area contributed by atoms with Crippen LogP contribution in [0.25, 0.3) is 11.4 Å². The van der Waals surface area contributed by atoms with Gasteiger partial charge < -0.3 is 5.11 Å². The van der Waals surface area contributed by atoms with Gasteiger partial charge in [0.15, 0.2) is 5.60 Å². The smallest absolute Gasteiger partial charge is 0.201 e. The quantitative estimate of drug-likeness (QED) is 0.892. The molecular formula is C15H12N2O3. The van der Waals surface area contributed by atoms with Gasteiger partial charge in [0.2, 0.25) is 5.78 Å². The van der Waals surface area contributed by atoms with Crippen LogP contribution in [0.15, 0.2) is 36.7 Å². The molecule has 20 heavy (non-hydrogen) atoms. The second kappa shape index (κ2) is 4.31. The average molecular weight is 268 g/mol. The highest BCUT2D eigenvalue weighted by Crippen LogP contribution is 2.41. The molecule has 0 amide bonds. The van der Waals surface area contributed by atoms with E-state index in [-0.39, 0.29) is 12.2 Å². The van der Waals surface area contributed by atoms with Gasteiger partial charge >= 0.3 is 0 Å². The molecule has 0 bridgehead atoms. The number of pyridine rings is 2. The van der Waals surface area contributed by atoms with E-state index in [1.54, 1.807) is 36.7 Å². The van der Waals surface area contributed by atoms with Crippen LogP contribution in [0, 0.1) is 0 Å². The van der Waals surface area contributed by atoms with Gasteiger partial charge in [0.25, 0.3) is 0 Å². The van der Waals surface area contributed by atoms with Gasteiger partial charge in [-0.3, -0.25) is 19.6 Å². The molecule has 0 aliphatic heterocycles. The van der Waals surface area contributed by atoms with E-state index in [9.17, 15) is 14.7 Å². The Hall–Kier alpha value is -2.40. The van der Waals surface area contributed by atoms with E-state index in [0.717, 1.165) is 0 Å². The molecule has 0 saturated carbocycles. The number of hydrogen-bond donors (Lipinski definition) is 1. The summed E-state index contributed by atoms with van der Waals surface area (Å²) >= 11 is 0. The van der Waals surface area contributed by atoms with Gasteiger partial charge in [-0.15, -0.1) is 0 Å². The normalized spacial score (nSPS) is 20.2. The molecule has 5 nitrogen and oxygen atoms in total. The SMILES string of the molecule is CC(=O)CC1(O)C(=O)c2cccnc2-c2ncccc21. The van der Waals surface area contributed by atoms with Crippen molar-refractivity contribution in [2.24, 2.45) is 0 Å². The lowest BCUT2D eigenvalue weighted by atomic mass is 9.76. The van der Waals surface area contributed by atoms with Crippen LogP contribution in [0.5, 0.6) is 0 Å². The Kier molecular flexibility index (Phi) is 2.72. The third-order valence-electron chi connectivity index (χ3n) is 3.41. The van der Waals surface area contributed by atoms with E-state index in [1.807, 2.05) is 0 Å². The molecular weight excluding hydrogens is 256 g/mol. The van der Waals surface area contributed by atoms with Crippen molar-refractivity contribution < 1.29 is 14.7 Å². The lowest BCUT2D eigenvalue weighted by Gasteiger charge is -2.32. The van der Waals surface area contributed by atoms with E-state index >= 15 is 0 Å².